The average Bonchev–Trinajstić information content (AvgIpc) is 3.58. The van der Waals surface area contributed by atoms with Gasteiger partial charge in [0, 0.05) is 75.4 Å². The lowest BCUT2D eigenvalue weighted by molar-refractivity contribution is -0.147. The number of benzene rings is 2. The van der Waals surface area contributed by atoms with Gasteiger partial charge in [0.25, 0.3) is 5.91 Å². The van der Waals surface area contributed by atoms with Crippen molar-refractivity contribution in [1.29, 1.82) is 0 Å². The van der Waals surface area contributed by atoms with E-state index in [1.54, 1.807) is 27.9 Å². The Morgan fingerprint density at radius 3 is 2.47 bits per heavy atom. The number of aliphatic hydroxyl groups excluding tert-OH is 1. The minimum atomic E-state index is -1.04. The minimum absolute atomic E-state index is 0.0133. The lowest BCUT2D eigenvalue weighted by Crippen LogP contribution is -2.60. The highest BCUT2D eigenvalue weighted by molar-refractivity contribution is 5.96. The van der Waals surface area contributed by atoms with Crippen molar-refractivity contribution in [3.8, 4) is 22.4 Å². The van der Waals surface area contributed by atoms with Crippen molar-refractivity contribution in [3.63, 3.8) is 0 Å². The molecule has 3 aliphatic heterocycles. The number of ether oxygens (including phenoxy) is 2. The number of alkyl carbamates (subject to hydrolysis) is 1. The van der Waals surface area contributed by atoms with Crippen molar-refractivity contribution in [1.82, 2.24) is 30.2 Å². The normalized spacial score (nSPS) is 19.6. The Labute approximate surface area is 378 Å². The van der Waals surface area contributed by atoms with Crippen LogP contribution in [0.15, 0.2) is 54.7 Å². The lowest BCUT2D eigenvalue weighted by Gasteiger charge is -2.45. The van der Waals surface area contributed by atoms with E-state index in [2.05, 4.69) is 70.1 Å². The average molecular weight is 880 g/mol. The summed E-state index contributed by atoms with van der Waals surface area (Å²) >= 11 is 0. The number of carboxylic acid groups (broad SMARTS) is 1. The Morgan fingerprint density at radius 1 is 0.969 bits per heavy atom. The van der Waals surface area contributed by atoms with Crippen LogP contribution in [-0.2, 0) is 38.4 Å². The zero-order chi connectivity index (χ0) is 45.9. The first-order valence-corrected chi connectivity index (χ1v) is 23.2. The Hall–Kier alpha value is -5.02. The summed E-state index contributed by atoms with van der Waals surface area (Å²) in [4.78, 5) is 49.3. The fraction of sp³-hybridized carbons (Fsp3) is 0.560. The number of pyridine rings is 1. The Bertz CT molecular complexity index is 2320. The van der Waals surface area contributed by atoms with Gasteiger partial charge in [-0.15, -0.1) is 0 Å². The van der Waals surface area contributed by atoms with Crippen LogP contribution in [0.2, 0.25) is 0 Å². The molecule has 5 heterocycles. The second kappa shape index (κ2) is 19.6. The van der Waals surface area contributed by atoms with E-state index < -0.39 is 41.1 Å². The van der Waals surface area contributed by atoms with Gasteiger partial charge in [0.2, 0.25) is 0 Å². The van der Waals surface area contributed by atoms with Gasteiger partial charge in [0.15, 0.2) is 0 Å². The predicted octanol–water partition coefficient (Wildman–Crippen LogP) is 7.35. The molecule has 3 saturated heterocycles. The Morgan fingerprint density at radius 2 is 1.75 bits per heavy atom. The molecule has 346 valence electrons. The molecule has 14 nitrogen and oxygen atoms in total. The standard InChI is InChI=1S/C50H69N7O7/c1-9-56-43-19-18-35(34-15-12-14-33(24-34)25-42(52-48(62)64-49(3,4)5)46(59)57-21-13-17-41(53-57)47(60)61)26-38(43)40(28-50(6,7)31-58)45(56)39-27-37(29-51-44(39)32(2)63-8)55-23-22-54-20-11-10-16-36(54)30-55/h12,14-15,18-19,24,26-27,29,32,36,41-42,53,58H,9-11,13,16-17,20-23,25,28,30-31H2,1-8H3,(H,52,62)(H,60,61)/t32?,36-,41+,42+/m1/s1. The van der Waals surface area contributed by atoms with E-state index in [0.29, 0.717) is 38.4 Å². The number of anilines is 1. The smallest absolute Gasteiger partial charge is 0.408 e. The summed E-state index contributed by atoms with van der Waals surface area (Å²) < 4.78 is 13.9. The van der Waals surface area contributed by atoms with E-state index in [-0.39, 0.29) is 19.1 Å². The van der Waals surface area contributed by atoms with Crippen LogP contribution in [0.1, 0.15) is 103 Å². The molecule has 0 radical (unpaired) electrons. The quantitative estimate of drug-likeness (QED) is 0.100. The fourth-order valence-electron chi connectivity index (χ4n) is 9.68. The summed E-state index contributed by atoms with van der Waals surface area (Å²) in [5.41, 5.74) is 10.7. The van der Waals surface area contributed by atoms with Crippen molar-refractivity contribution in [3.05, 3.63) is 71.5 Å². The number of piperidine rings is 1. The van der Waals surface area contributed by atoms with Gasteiger partial charge in [-0.25, -0.2) is 10.2 Å². The molecule has 2 aromatic heterocycles. The van der Waals surface area contributed by atoms with Crippen LogP contribution in [-0.4, -0.2) is 118 Å². The second-order valence-electron chi connectivity index (χ2n) is 19.7. The first kappa shape index (κ1) is 47.0. The van der Waals surface area contributed by atoms with Gasteiger partial charge in [-0.3, -0.25) is 24.5 Å². The van der Waals surface area contributed by atoms with E-state index in [9.17, 15) is 24.6 Å². The first-order valence-electron chi connectivity index (χ1n) is 23.2. The van der Waals surface area contributed by atoms with Crippen LogP contribution in [0.3, 0.4) is 0 Å². The number of aliphatic carboxylic acids is 1. The monoisotopic (exact) mass is 880 g/mol. The third kappa shape index (κ3) is 10.6. The molecule has 4 atom stereocenters. The number of hydrazine groups is 1. The minimum Gasteiger partial charge on any atom is -0.480 e. The summed E-state index contributed by atoms with van der Waals surface area (Å²) in [5.74, 6) is -1.48. The van der Waals surface area contributed by atoms with Crippen molar-refractivity contribution in [2.75, 3.05) is 51.3 Å². The topological polar surface area (TPSA) is 162 Å². The summed E-state index contributed by atoms with van der Waals surface area (Å²) in [7, 11) is 1.73. The number of carbonyl (C=O) groups excluding carboxylic acids is 2. The number of carboxylic acids is 1. The molecule has 4 N–H and O–H groups in total. The van der Waals surface area contributed by atoms with Crippen molar-refractivity contribution >= 4 is 34.6 Å². The van der Waals surface area contributed by atoms with Gasteiger partial charge in [-0.1, -0.05) is 50.6 Å². The number of aromatic nitrogens is 2. The number of amides is 2. The number of piperazine rings is 1. The predicted molar refractivity (Wildman–Crippen MR) is 250 cm³/mol. The molecule has 1 unspecified atom stereocenters. The van der Waals surface area contributed by atoms with Gasteiger partial charge in [-0.05, 0) is 119 Å². The fourth-order valence-corrected chi connectivity index (χ4v) is 9.68. The summed E-state index contributed by atoms with van der Waals surface area (Å²) in [6, 6.07) is 15.4. The zero-order valence-corrected chi connectivity index (χ0v) is 39.1. The maximum atomic E-state index is 14.0. The van der Waals surface area contributed by atoms with E-state index in [1.807, 2.05) is 37.4 Å². The number of hydrogen-bond donors (Lipinski definition) is 4. The molecule has 4 aromatic rings. The van der Waals surface area contributed by atoms with Crippen LogP contribution < -0.4 is 15.6 Å². The number of aliphatic hydroxyl groups is 1. The number of nitrogens with zero attached hydrogens (tertiary/aromatic N) is 5. The van der Waals surface area contributed by atoms with Gasteiger partial charge in [0.1, 0.15) is 17.7 Å². The maximum absolute atomic E-state index is 14.0. The number of carbonyl (C=O) groups is 3. The molecule has 0 spiro atoms. The molecular weight excluding hydrogens is 811 g/mol. The third-order valence-electron chi connectivity index (χ3n) is 13.1. The molecule has 2 amide bonds. The van der Waals surface area contributed by atoms with Crippen LogP contribution in [0, 0.1) is 5.41 Å². The van der Waals surface area contributed by atoms with Gasteiger partial charge >= 0.3 is 12.1 Å². The lowest BCUT2D eigenvalue weighted by atomic mass is 9.84. The number of fused-ring (bicyclic) bond motifs is 2. The summed E-state index contributed by atoms with van der Waals surface area (Å²) in [5, 5.41) is 25.6. The molecule has 14 heteroatoms. The van der Waals surface area contributed by atoms with Crippen molar-refractivity contribution in [2.24, 2.45) is 5.41 Å². The molecule has 0 aliphatic carbocycles. The number of nitrogens with one attached hydrogen (secondary N) is 2. The maximum Gasteiger partial charge on any atom is 0.408 e. The molecule has 3 aliphatic rings. The Kier molecular flexibility index (Phi) is 14.4. The summed E-state index contributed by atoms with van der Waals surface area (Å²) in [6.45, 7) is 18.9. The van der Waals surface area contributed by atoms with E-state index >= 15 is 0 Å². The molecule has 0 bridgehead atoms. The van der Waals surface area contributed by atoms with Crippen LogP contribution in [0.25, 0.3) is 33.3 Å². The second-order valence-corrected chi connectivity index (χ2v) is 19.7. The first-order chi connectivity index (χ1) is 30.5. The number of aryl methyl sites for hydroxylation is 1. The van der Waals surface area contributed by atoms with Crippen LogP contribution in [0.4, 0.5) is 10.5 Å². The van der Waals surface area contributed by atoms with Gasteiger partial charge in [-0.2, -0.15) is 0 Å². The van der Waals surface area contributed by atoms with E-state index in [4.69, 9.17) is 14.5 Å². The molecule has 2 aromatic carbocycles. The SMILES string of the molecule is CCn1c(-c2cc(N3CCN4CCCC[C@@H]4C3)cnc2C(C)OC)c(CC(C)(C)CO)c2cc(-c3cccc(C[C@H](NC(=O)OC(C)(C)C)C(=O)N4CCC[C@@H](C(=O)O)N4)c3)ccc21. The third-order valence-corrected chi connectivity index (χ3v) is 13.1. The molecule has 0 saturated carbocycles. The molecular formula is C50H69N7O7. The van der Waals surface area contributed by atoms with Crippen LogP contribution >= 0.6 is 0 Å². The van der Waals surface area contributed by atoms with Gasteiger partial charge in [0.05, 0.1) is 29.4 Å². The zero-order valence-electron chi connectivity index (χ0n) is 39.1. The number of methoxy groups -OCH3 is 1. The highest BCUT2D eigenvalue weighted by Crippen LogP contribution is 2.43. The number of rotatable bonds is 14. The van der Waals surface area contributed by atoms with Crippen LogP contribution in [0.5, 0.6) is 0 Å². The largest absolute Gasteiger partial charge is 0.480 e. The molecule has 3 fully saturated rings. The number of hydrogen-bond acceptors (Lipinski definition) is 10. The highest BCUT2D eigenvalue weighted by Gasteiger charge is 2.35. The Balaban J connectivity index is 1.29. The summed E-state index contributed by atoms with van der Waals surface area (Å²) in [6.07, 6.45) is 6.47. The van der Waals surface area contributed by atoms with Crippen molar-refractivity contribution in [2.45, 2.75) is 130 Å². The van der Waals surface area contributed by atoms with E-state index in [0.717, 1.165) is 75.4 Å². The highest BCUT2D eigenvalue weighted by atomic mass is 16.6. The van der Waals surface area contributed by atoms with Crippen molar-refractivity contribution < 1.29 is 34.1 Å². The van der Waals surface area contributed by atoms with Gasteiger partial charge < -0.3 is 34.5 Å². The molecule has 64 heavy (non-hydrogen) atoms. The molecule has 7 rings (SSSR count). The van der Waals surface area contributed by atoms with E-state index in [1.165, 1.54) is 30.8 Å².